The number of unbranched alkanes of at least 4 members (excludes halogenated alkanes) is 3. The Hall–Kier alpha value is -1.51. The summed E-state index contributed by atoms with van der Waals surface area (Å²) in [5.74, 6) is 1.60. The minimum absolute atomic E-state index is 0.200. The van der Waals surface area contributed by atoms with Crippen LogP contribution in [0, 0.1) is 5.92 Å². The Morgan fingerprint density at radius 2 is 1.91 bits per heavy atom. The first-order valence-corrected chi connectivity index (χ1v) is 8.48. The predicted molar refractivity (Wildman–Crippen MR) is 90.0 cm³/mol. The number of benzene rings is 1. The fourth-order valence-electron chi connectivity index (χ4n) is 2.79. The molecule has 0 saturated carbocycles. The maximum atomic E-state index is 11.9. The van der Waals surface area contributed by atoms with Gasteiger partial charge < -0.3 is 10.1 Å². The Labute approximate surface area is 133 Å². The molecule has 0 amide bonds. The van der Waals surface area contributed by atoms with Gasteiger partial charge in [0.05, 0.1) is 13.3 Å². The van der Waals surface area contributed by atoms with Crippen LogP contribution in [-0.4, -0.2) is 19.8 Å². The maximum absolute atomic E-state index is 11.9. The number of allylic oxidation sites excluding steroid dienone is 1. The summed E-state index contributed by atoms with van der Waals surface area (Å²) < 4.78 is 17.7. The lowest BCUT2D eigenvalue weighted by atomic mass is 10.0. The van der Waals surface area contributed by atoms with Crippen LogP contribution in [0.25, 0.3) is 0 Å². The van der Waals surface area contributed by atoms with E-state index in [4.69, 9.17) is 4.74 Å². The zero-order valence-electron chi connectivity index (χ0n) is 13.6. The second-order valence-corrected chi connectivity index (χ2v) is 6.12. The highest BCUT2D eigenvalue weighted by Gasteiger charge is 2.11. The maximum Gasteiger partial charge on any atom is 0.119 e. The van der Waals surface area contributed by atoms with E-state index in [1.54, 1.807) is 0 Å². The van der Waals surface area contributed by atoms with Crippen LogP contribution in [0.5, 0.6) is 5.75 Å². The third-order valence-corrected chi connectivity index (χ3v) is 4.15. The molecule has 1 N–H and O–H groups in total. The molecule has 0 radical (unpaired) electrons. The van der Waals surface area contributed by atoms with Gasteiger partial charge in [0.15, 0.2) is 0 Å². The van der Waals surface area contributed by atoms with Gasteiger partial charge in [-0.3, -0.25) is 4.39 Å². The van der Waals surface area contributed by atoms with Crippen molar-refractivity contribution in [1.29, 1.82) is 0 Å². The van der Waals surface area contributed by atoms with Crippen LogP contribution in [0.15, 0.2) is 36.0 Å². The average molecular weight is 305 g/mol. The van der Waals surface area contributed by atoms with Crippen molar-refractivity contribution in [2.45, 2.75) is 45.4 Å². The van der Waals surface area contributed by atoms with Crippen LogP contribution >= 0.6 is 0 Å². The van der Waals surface area contributed by atoms with Gasteiger partial charge in [0.25, 0.3) is 0 Å². The highest BCUT2D eigenvalue weighted by molar-refractivity contribution is 5.27. The van der Waals surface area contributed by atoms with E-state index in [0.717, 1.165) is 44.6 Å². The highest BCUT2D eigenvalue weighted by atomic mass is 19.1. The molecule has 0 saturated heterocycles. The molecule has 3 heteroatoms. The van der Waals surface area contributed by atoms with E-state index in [-0.39, 0.29) is 6.67 Å². The number of nitrogens with one attached hydrogen (secondary N) is 1. The number of hydrogen-bond acceptors (Lipinski definition) is 2. The Kier molecular flexibility index (Phi) is 7.27. The molecule has 0 bridgehead atoms. The highest BCUT2D eigenvalue weighted by Crippen LogP contribution is 2.18. The molecule has 1 aliphatic rings. The molecule has 2 nitrogen and oxygen atoms in total. The monoisotopic (exact) mass is 305 g/mol. The molecule has 0 fully saturated rings. The summed E-state index contributed by atoms with van der Waals surface area (Å²) in [6.07, 6.45) is 8.33. The van der Waals surface area contributed by atoms with Gasteiger partial charge in [-0.05, 0) is 62.6 Å². The van der Waals surface area contributed by atoms with Gasteiger partial charge in [-0.1, -0.05) is 24.6 Å². The molecular weight excluding hydrogens is 277 g/mol. The van der Waals surface area contributed by atoms with E-state index >= 15 is 0 Å². The molecule has 22 heavy (non-hydrogen) atoms. The molecule has 0 spiro atoms. The third kappa shape index (κ3) is 6.08. The second kappa shape index (κ2) is 9.50. The topological polar surface area (TPSA) is 21.3 Å². The van der Waals surface area contributed by atoms with E-state index in [9.17, 15) is 4.39 Å². The summed E-state index contributed by atoms with van der Waals surface area (Å²) in [4.78, 5) is 0. The number of hydrogen-bond donors (Lipinski definition) is 1. The van der Waals surface area contributed by atoms with Gasteiger partial charge in [0.2, 0.25) is 0 Å². The summed E-state index contributed by atoms with van der Waals surface area (Å²) >= 11 is 0. The molecule has 1 aromatic rings. The molecule has 2 rings (SSSR count). The largest absolute Gasteiger partial charge is 0.494 e. The fraction of sp³-hybridized carbons (Fsp3) is 0.579. The molecule has 1 aromatic carbocycles. The van der Waals surface area contributed by atoms with Crippen molar-refractivity contribution >= 4 is 0 Å². The molecular formula is C19H28FNO. The van der Waals surface area contributed by atoms with Gasteiger partial charge >= 0.3 is 0 Å². The number of ether oxygens (including phenoxy) is 1. The van der Waals surface area contributed by atoms with Gasteiger partial charge in [0, 0.05) is 12.2 Å². The van der Waals surface area contributed by atoms with Crippen molar-refractivity contribution in [2.75, 3.05) is 19.8 Å². The first-order valence-electron chi connectivity index (χ1n) is 8.48. The standard InChI is InChI=1S/C19H28FNO/c1-16-14-18(15-21-16)7-6-17-8-10-19(11-9-17)22-13-5-3-2-4-12-20/h8-11,14,18,21H,2-7,12-13,15H2,1H3. The zero-order valence-corrected chi connectivity index (χ0v) is 13.6. The van der Waals surface area contributed by atoms with E-state index in [1.165, 1.54) is 17.7 Å². The van der Waals surface area contributed by atoms with Crippen LogP contribution in [0.2, 0.25) is 0 Å². The Morgan fingerprint density at radius 1 is 1.14 bits per heavy atom. The summed E-state index contributed by atoms with van der Waals surface area (Å²) in [6.45, 7) is 3.73. The van der Waals surface area contributed by atoms with E-state index in [0.29, 0.717) is 12.3 Å². The van der Waals surface area contributed by atoms with Crippen molar-refractivity contribution in [2.24, 2.45) is 5.92 Å². The van der Waals surface area contributed by atoms with Crippen LogP contribution < -0.4 is 10.1 Å². The SMILES string of the molecule is CC1=CC(CCc2ccc(OCCCCCCF)cc2)CN1. The fourth-order valence-corrected chi connectivity index (χ4v) is 2.79. The van der Waals surface area contributed by atoms with Crippen LogP contribution in [0.1, 0.15) is 44.6 Å². The molecule has 1 aliphatic heterocycles. The lowest BCUT2D eigenvalue weighted by Gasteiger charge is -2.09. The van der Waals surface area contributed by atoms with Crippen molar-refractivity contribution in [3.63, 3.8) is 0 Å². The number of rotatable bonds is 10. The first kappa shape index (κ1) is 16.9. The minimum atomic E-state index is -0.200. The van der Waals surface area contributed by atoms with Gasteiger partial charge in [-0.15, -0.1) is 0 Å². The number of alkyl halides is 1. The smallest absolute Gasteiger partial charge is 0.119 e. The lowest BCUT2D eigenvalue weighted by molar-refractivity contribution is 0.303. The van der Waals surface area contributed by atoms with Crippen LogP contribution in [0.3, 0.4) is 0 Å². The van der Waals surface area contributed by atoms with E-state index in [2.05, 4.69) is 42.6 Å². The quantitative estimate of drug-likeness (QED) is 0.635. The molecule has 0 aromatic heterocycles. The van der Waals surface area contributed by atoms with Gasteiger partial charge in [0.1, 0.15) is 5.75 Å². The summed E-state index contributed by atoms with van der Waals surface area (Å²) in [5.41, 5.74) is 2.67. The van der Waals surface area contributed by atoms with Gasteiger partial charge in [-0.25, -0.2) is 0 Å². The summed E-state index contributed by atoms with van der Waals surface area (Å²) in [6, 6.07) is 8.45. The van der Waals surface area contributed by atoms with Crippen molar-refractivity contribution in [3.05, 3.63) is 41.6 Å². The molecule has 1 atom stereocenters. The van der Waals surface area contributed by atoms with Crippen LogP contribution in [-0.2, 0) is 6.42 Å². The van der Waals surface area contributed by atoms with Crippen molar-refractivity contribution in [1.82, 2.24) is 5.32 Å². The summed E-state index contributed by atoms with van der Waals surface area (Å²) in [7, 11) is 0. The Bertz CT molecular complexity index is 455. The van der Waals surface area contributed by atoms with Crippen molar-refractivity contribution in [3.8, 4) is 5.75 Å². The molecule has 0 aliphatic carbocycles. The number of aryl methyl sites for hydroxylation is 1. The molecule has 122 valence electrons. The van der Waals surface area contributed by atoms with E-state index < -0.39 is 0 Å². The van der Waals surface area contributed by atoms with E-state index in [1.807, 2.05) is 0 Å². The lowest BCUT2D eigenvalue weighted by Crippen LogP contribution is -2.11. The average Bonchev–Trinajstić information content (AvgIpc) is 2.95. The Morgan fingerprint density at radius 3 is 2.59 bits per heavy atom. The Balaban J connectivity index is 1.62. The third-order valence-electron chi connectivity index (χ3n) is 4.15. The molecule has 1 unspecified atom stereocenters. The number of halogens is 1. The predicted octanol–water partition coefficient (Wildman–Crippen LogP) is 4.65. The molecule has 1 heterocycles. The normalized spacial score (nSPS) is 17.2. The van der Waals surface area contributed by atoms with Crippen molar-refractivity contribution < 1.29 is 9.13 Å². The first-order chi connectivity index (χ1) is 10.8. The zero-order chi connectivity index (χ0) is 15.6. The second-order valence-electron chi connectivity index (χ2n) is 6.12. The van der Waals surface area contributed by atoms with Gasteiger partial charge in [-0.2, -0.15) is 0 Å². The summed E-state index contributed by atoms with van der Waals surface area (Å²) in [5, 5.41) is 3.38. The minimum Gasteiger partial charge on any atom is -0.494 e. The van der Waals surface area contributed by atoms with Crippen LogP contribution in [0.4, 0.5) is 4.39 Å².